The van der Waals surface area contributed by atoms with Crippen LogP contribution < -0.4 is 0 Å². The van der Waals surface area contributed by atoms with Crippen molar-refractivity contribution in [1.29, 1.82) is 5.26 Å². The van der Waals surface area contributed by atoms with E-state index in [0.717, 1.165) is 38.5 Å². The minimum Gasteiger partial charge on any atom is -0.477 e. The number of carboxylic acids is 4. The van der Waals surface area contributed by atoms with Gasteiger partial charge < -0.3 is 20.4 Å². The number of carboxylic acid groups (broad SMARTS) is 4. The van der Waals surface area contributed by atoms with Crippen molar-refractivity contribution >= 4 is 80.8 Å². The third kappa shape index (κ3) is 15.4. The Morgan fingerprint density at radius 1 is 0.646 bits per heavy atom. The van der Waals surface area contributed by atoms with Crippen LogP contribution in [-0.2, 0) is 6.18 Å². The van der Waals surface area contributed by atoms with Gasteiger partial charge >= 0.3 is 30.1 Å². The summed E-state index contributed by atoms with van der Waals surface area (Å²) < 4.78 is 49.0. The van der Waals surface area contributed by atoms with E-state index in [1.54, 1.807) is 26.0 Å². The van der Waals surface area contributed by atoms with Gasteiger partial charge in [0, 0.05) is 19.5 Å². The first-order valence-corrected chi connectivity index (χ1v) is 15.0. The molecule has 0 saturated carbocycles. The number of nitrogens with zero attached hydrogens (tertiary/aromatic N) is 1. The quantitative estimate of drug-likeness (QED) is 0.147. The lowest BCUT2D eigenvalue weighted by Crippen LogP contribution is -2.09. The highest BCUT2D eigenvalue weighted by Crippen LogP contribution is 2.36. The highest BCUT2D eigenvalue weighted by Gasteiger charge is 2.37. The molecule has 4 N–H and O–H groups in total. The molecule has 0 unspecified atom stereocenters. The molecule has 0 aliphatic carbocycles. The number of hydrogen-bond donors (Lipinski definition) is 4. The van der Waals surface area contributed by atoms with E-state index in [2.05, 4.69) is 0 Å². The molecule has 0 bridgehead atoms. The molecule has 4 heterocycles. The zero-order valence-corrected chi connectivity index (χ0v) is 26.7. The molecule has 0 radical (unpaired) electrons. The molecule has 0 amide bonds. The SMILES string of the molecule is C.C.C.C.Cc1cc(C#N)c(C(=O)O)s1.Cc1cc(C(F)(F)F)c(C(=O)O)s1.Cc1cc(Cl)c(C(=O)O)s1.Cc1cc(F)c(C(=O)O)s1. The Hall–Kier alpha value is -3.82. The van der Waals surface area contributed by atoms with Crippen LogP contribution in [0.2, 0.25) is 5.02 Å². The summed E-state index contributed by atoms with van der Waals surface area (Å²) in [6.45, 7) is 6.70. The fraction of sp³-hybridized carbons (Fsp3) is 0.300. The normalized spacial score (nSPS) is 9.33. The average molecular weight is 778 g/mol. The summed E-state index contributed by atoms with van der Waals surface area (Å²) >= 11 is 9.46. The largest absolute Gasteiger partial charge is 0.477 e. The van der Waals surface area contributed by atoms with Crippen LogP contribution >= 0.6 is 56.9 Å². The van der Waals surface area contributed by atoms with Crippen molar-refractivity contribution < 1.29 is 57.2 Å². The molecule has 4 aromatic rings. The molecule has 0 saturated heterocycles. The van der Waals surface area contributed by atoms with Crippen LogP contribution in [0.1, 0.15) is 99.0 Å². The minimum atomic E-state index is -4.58. The second kappa shape index (κ2) is 21.9. The molecule has 0 aliphatic rings. The lowest BCUT2D eigenvalue weighted by atomic mass is 10.2. The predicted molar refractivity (Wildman–Crippen MR) is 186 cm³/mol. The van der Waals surface area contributed by atoms with Gasteiger partial charge in [0.15, 0.2) is 0 Å². The second-order valence-corrected chi connectivity index (χ2v) is 13.5. The van der Waals surface area contributed by atoms with Crippen molar-refractivity contribution in [2.24, 2.45) is 0 Å². The lowest BCUT2D eigenvalue weighted by Gasteiger charge is -2.03. The van der Waals surface area contributed by atoms with Crippen LogP contribution in [0.4, 0.5) is 17.6 Å². The highest BCUT2D eigenvalue weighted by atomic mass is 35.5. The van der Waals surface area contributed by atoms with Gasteiger partial charge in [-0.3, -0.25) is 0 Å². The van der Waals surface area contributed by atoms with E-state index in [0.29, 0.717) is 26.1 Å². The molecule has 48 heavy (non-hydrogen) atoms. The van der Waals surface area contributed by atoms with E-state index in [-0.39, 0.29) is 49.9 Å². The molecule has 0 aliphatic heterocycles. The van der Waals surface area contributed by atoms with Crippen molar-refractivity contribution in [3.63, 3.8) is 0 Å². The molecule has 18 heteroatoms. The second-order valence-electron chi connectivity index (χ2n) is 8.10. The van der Waals surface area contributed by atoms with Gasteiger partial charge in [0.05, 0.1) is 16.1 Å². The van der Waals surface area contributed by atoms with E-state index in [1.165, 1.54) is 24.3 Å². The fourth-order valence-corrected chi connectivity index (χ4v) is 6.46. The first-order valence-electron chi connectivity index (χ1n) is 11.3. The lowest BCUT2D eigenvalue weighted by molar-refractivity contribution is -0.137. The van der Waals surface area contributed by atoms with Crippen molar-refractivity contribution in [3.8, 4) is 6.07 Å². The number of aryl methyl sites for hydroxylation is 4. The first-order chi connectivity index (χ1) is 20.2. The van der Waals surface area contributed by atoms with Gasteiger partial charge in [-0.25, -0.2) is 23.6 Å². The van der Waals surface area contributed by atoms with Gasteiger partial charge in [0.1, 0.15) is 31.4 Å². The van der Waals surface area contributed by atoms with Crippen molar-refractivity contribution in [2.75, 3.05) is 0 Å². The van der Waals surface area contributed by atoms with Crippen LogP contribution in [-0.4, -0.2) is 44.3 Å². The van der Waals surface area contributed by atoms with E-state index in [4.69, 9.17) is 37.3 Å². The van der Waals surface area contributed by atoms with Gasteiger partial charge in [0.2, 0.25) is 0 Å². The number of aromatic carboxylic acids is 4. The molecule has 4 aromatic heterocycles. The van der Waals surface area contributed by atoms with Crippen molar-refractivity contribution in [2.45, 2.75) is 63.6 Å². The van der Waals surface area contributed by atoms with E-state index < -0.39 is 46.3 Å². The third-order valence-electron chi connectivity index (χ3n) is 4.53. The standard InChI is InChI=1S/C7H5F3O2S.C7H5NO2S.C6H5ClO2S.C6H5FO2S.4CH4/c1-3-2-4(7(8,9)10)5(13-3)6(11)12;1-4-2-5(3-8)6(11-4)7(9)10;2*1-3-2-4(7)5(10-3)6(8)9;;;;/h2H,1H3,(H,11,12);2H,1H3,(H,9,10);2*2H,1H3,(H,8,9);4*1H4. The number of rotatable bonds is 4. The maximum absolute atomic E-state index is 12.5. The molecule has 0 fully saturated rings. The number of thiophene rings is 4. The summed E-state index contributed by atoms with van der Waals surface area (Å²) in [5.41, 5.74) is -0.817. The van der Waals surface area contributed by atoms with E-state index >= 15 is 0 Å². The summed E-state index contributed by atoms with van der Waals surface area (Å²) in [5, 5.41) is 42.7. The summed E-state index contributed by atoms with van der Waals surface area (Å²) in [6.07, 6.45) is -4.58. The molecular formula is C30H36ClF4NO8S4. The molecule has 268 valence electrons. The number of nitriles is 1. The zero-order chi connectivity index (χ0) is 34.1. The Morgan fingerprint density at radius 2 is 1.00 bits per heavy atom. The van der Waals surface area contributed by atoms with Gasteiger partial charge in [0.25, 0.3) is 0 Å². The van der Waals surface area contributed by atoms with Crippen molar-refractivity contribution in [3.05, 3.63) is 85.2 Å². The molecule has 4 rings (SSSR count). The fourth-order valence-electron chi connectivity index (χ4n) is 2.90. The van der Waals surface area contributed by atoms with E-state index in [9.17, 15) is 36.7 Å². The number of halogens is 5. The van der Waals surface area contributed by atoms with Gasteiger partial charge in [-0.1, -0.05) is 41.3 Å². The summed E-state index contributed by atoms with van der Waals surface area (Å²) in [7, 11) is 0. The van der Waals surface area contributed by atoms with Gasteiger partial charge in [-0.2, -0.15) is 18.4 Å². The highest BCUT2D eigenvalue weighted by molar-refractivity contribution is 7.15. The Balaban J connectivity index is -0.000000263. The zero-order valence-electron chi connectivity index (χ0n) is 22.7. The number of hydrogen-bond acceptors (Lipinski definition) is 9. The summed E-state index contributed by atoms with van der Waals surface area (Å²) in [6, 6.07) is 7.11. The third-order valence-corrected chi connectivity index (χ3v) is 9.07. The van der Waals surface area contributed by atoms with Gasteiger partial charge in [-0.15, -0.1) is 45.3 Å². The van der Waals surface area contributed by atoms with Crippen LogP contribution in [0.5, 0.6) is 0 Å². The molecule has 0 atom stereocenters. The van der Waals surface area contributed by atoms with Crippen molar-refractivity contribution in [1.82, 2.24) is 0 Å². The Labute approximate surface area is 296 Å². The van der Waals surface area contributed by atoms with E-state index in [1.807, 2.05) is 13.0 Å². The number of carbonyl (C=O) groups is 4. The average Bonchev–Trinajstić information content (AvgIpc) is 3.65. The topological polar surface area (TPSA) is 173 Å². The van der Waals surface area contributed by atoms with Crippen LogP contribution in [0.25, 0.3) is 0 Å². The Morgan fingerprint density at radius 3 is 1.25 bits per heavy atom. The summed E-state index contributed by atoms with van der Waals surface area (Å²) in [5.74, 6) is -5.36. The minimum absolute atomic E-state index is 0. The molecular weight excluding hydrogens is 742 g/mol. The Bertz CT molecular complexity index is 1660. The maximum Gasteiger partial charge on any atom is 0.418 e. The molecule has 0 spiro atoms. The molecule has 9 nitrogen and oxygen atoms in total. The van der Waals surface area contributed by atoms with Gasteiger partial charge in [-0.05, 0) is 52.0 Å². The maximum atomic E-state index is 12.5. The molecule has 0 aromatic carbocycles. The monoisotopic (exact) mass is 777 g/mol. The van der Waals surface area contributed by atoms with Crippen LogP contribution in [0, 0.1) is 44.8 Å². The first kappa shape index (κ1) is 51.0. The number of alkyl halides is 3. The van der Waals surface area contributed by atoms with Crippen LogP contribution in [0.15, 0.2) is 24.3 Å². The predicted octanol–water partition coefficient (Wildman–Crippen LogP) is 11.2. The summed E-state index contributed by atoms with van der Waals surface area (Å²) in [4.78, 5) is 43.7. The van der Waals surface area contributed by atoms with Crippen LogP contribution in [0.3, 0.4) is 0 Å². The smallest absolute Gasteiger partial charge is 0.418 e. The Kier molecular flexibility index (Phi) is 23.3.